The highest BCUT2D eigenvalue weighted by atomic mass is 16.5. The molecule has 0 aromatic heterocycles. The molecule has 3 nitrogen and oxygen atoms in total. The van der Waals surface area contributed by atoms with Crippen LogP contribution in [0.25, 0.3) is 0 Å². The number of ether oxygens (including phenoxy) is 2. The van der Waals surface area contributed by atoms with Gasteiger partial charge in [0.05, 0.1) is 12.2 Å². The van der Waals surface area contributed by atoms with Crippen LogP contribution in [0.5, 0.6) is 0 Å². The maximum atomic E-state index is 5.64. The molecule has 0 saturated heterocycles. The van der Waals surface area contributed by atoms with Crippen molar-refractivity contribution in [1.82, 2.24) is 5.32 Å². The third kappa shape index (κ3) is 3.74. The standard InChI is InChI=1S/C12H25NO2/c1-4-13-11(10-15-5-2)9-12(14-3)7-6-8-12/h11,13H,4-10H2,1-3H3. The van der Waals surface area contributed by atoms with Crippen LogP contribution in [-0.4, -0.2) is 38.5 Å². The Bertz CT molecular complexity index is 163. The molecule has 0 heterocycles. The van der Waals surface area contributed by atoms with E-state index in [0.29, 0.717) is 6.04 Å². The van der Waals surface area contributed by atoms with Crippen LogP contribution in [0.3, 0.4) is 0 Å². The summed E-state index contributed by atoms with van der Waals surface area (Å²) in [6.45, 7) is 6.77. The highest BCUT2D eigenvalue weighted by Gasteiger charge is 2.38. The Hall–Kier alpha value is -0.120. The second-order valence-corrected chi connectivity index (χ2v) is 4.36. The molecule has 0 aromatic carbocycles. The lowest BCUT2D eigenvalue weighted by atomic mass is 9.75. The fourth-order valence-electron chi connectivity index (χ4n) is 2.25. The molecule has 1 unspecified atom stereocenters. The van der Waals surface area contributed by atoms with Gasteiger partial charge in [-0.1, -0.05) is 6.92 Å². The van der Waals surface area contributed by atoms with Gasteiger partial charge >= 0.3 is 0 Å². The number of hydrogen-bond donors (Lipinski definition) is 1. The van der Waals surface area contributed by atoms with E-state index in [-0.39, 0.29) is 5.60 Å². The van der Waals surface area contributed by atoms with E-state index in [9.17, 15) is 0 Å². The topological polar surface area (TPSA) is 30.5 Å². The lowest BCUT2D eigenvalue weighted by Crippen LogP contribution is -2.47. The summed E-state index contributed by atoms with van der Waals surface area (Å²) in [7, 11) is 1.84. The van der Waals surface area contributed by atoms with Crippen LogP contribution in [0, 0.1) is 0 Å². The van der Waals surface area contributed by atoms with Crippen molar-refractivity contribution in [2.24, 2.45) is 0 Å². The van der Waals surface area contributed by atoms with Gasteiger partial charge in [-0.2, -0.15) is 0 Å². The zero-order valence-electron chi connectivity index (χ0n) is 10.3. The minimum Gasteiger partial charge on any atom is -0.380 e. The molecule has 0 bridgehead atoms. The second-order valence-electron chi connectivity index (χ2n) is 4.36. The van der Waals surface area contributed by atoms with Crippen LogP contribution in [0.15, 0.2) is 0 Å². The van der Waals surface area contributed by atoms with Crippen molar-refractivity contribution < 1.29 is 9.47 Å². The van der Waals surface area contributed by atoms with Crippen molar-refractivity contribution in [2.75, 3.05) is 26.9 Å². The van der Waals surface area contributed by atoms with Crippen molar-refractivity contribution in [1.29, 1.82) is 0 Å². The Morgan fingerprint density at radius 2 is 2.07 bits per heavy atom. The third-order valence-electron chi connectivity index (χ3n) is 3.33. The van der Waals surface area contributed by atoms with Crippen molar-refractivity contribution >= 4 is 0 Å². The molecule has 1 aliphatic rings. The van der Waals surface area contributed by atoms with E-state index < -0.39 is 0 Å². The predicted octanol–water partition coefficient (Wildman–Crippen LogP) is 1.96. The van der Waals surface area contributed by atoms with Crippen LogP contribution >= 0.6 is 0 Å². The Labute approximate surface area is 93.5 Å². The lowest BCUT2D eigenvalue weighted by Gasteiger charge is -2.42. The molecule has 0 amide bonds. The highest BCUT2D eigenvalue weighted by Crippen LogP contribution is 2.38. The van der Waals surface area contributed by atoms with Crippen LogP contribution in [0.2, 0.25) is 0 Å². The van der Waals surface area contributed by atoms with E-state index in [1.165, 1.54) is 19.3 Å². The summed E-state index contributed by atoms with van der Waals surface area (Å²) in [5.74, 6) is 0. The van der Waals surface area contributed by atoms with E-state index >= 15 is 0 Å². The van der Waals surface area contributed by atoms with E-state index in [0.717, 1.165) is 26.2 Å². The summed E-state index contributed by atoms with van der Waals surface area (Å²) in [6.07, 6.45) is 4.80. The van der Waals surface area contributed by atoms with Gasteiger partial charge in [-0.3, -0.25) is 0 Å². The molecule has 90 valence electrons. The van der Waals surface area contributed by atoms with Gasteiger partial charge in [0.25, 0.3) is 0 Å². The molecule has 15 heavy (non-hydrogen) atoms. The molecule has 0 aliphatic heterocycles. The van der Waals surface area contributed by atoms with Gasteiger partial charge in [-0.15, -0.1) is 0 Å². The van der Waals surface area contributed by atoms with Gasteiger partial charge in [0.1, 0.15) is 0 Å². The van der Waals surface area contributed by atoms with Gasteiger partial charge in [-0.25, -0.2) is 0 Å². The molecule has 1 saturated carbocycles. The Morgan fingerprint density at radius 1 is 1.33 bits per heavy atom. The minimum atomic E-state index is 0.143. The first-order chi connectivity index (χ1) is 7.26. The summed E-state index contributed by atoms with van der Waals surface area (Å²) in [5, 5.41) is 3.47. The molecular weight excluding hydrogens is 190 g/mol. The SMILES string of the molecule is CCNC(COCC)CC1(OC)CCC1. The van der Waals surface area contributed by atoms with E-state index in [4.69, 9.17) is 9.47 Å². The predicted molar refractivity (Wildman–Crippen MR) is 62.2 cm³/mol. The monoisotopic (exact) mass is 215 g/mol. The molecular formula is C12H25NO2. The van der Waals surface area contributed by atoms with E-state index in [2.05, 4.69) is 12.2 Å². The van der Waals surface area contributed by atoms with Gasteiger partial charge in [-0.05, 0) is 39.2 Å². The number of likely N-dealkylation sites (N-methyl/N-ethyl adjacent to an activating group) is 1. The molecule has 3 heteroatoms. The summed E-state index contributed by atoms with van der Waals surface area (Å²) in [5.41, 5.74) is 0.143. The molecule has 0 spiro atoms. The molecule has 0 radical (unpaired) electrons. The molecule has 0 aromatic rings. The van der Waals surface area contributed by atoms with Crippen molar-refractivity contribution in [3.05, 3.63) is 0 Å². The first kappa shape index (κ1) is 12.9. The third-order valence-corrected chi connectivity index (χ3v) is 3.33. The first-order valence-electron chi connectivity index (χ1n) is 6.12. The zero-order valence-corrected chi connectivity index (χ0v) is 10.3. The maximum absolute atomic E-state index is 5.64. The Morgan fingerprint density at radius 3 is 2.47 bits per heavy atom. The smallest absolute Gasteiger partial charge is 0.0694 e. The summed E-state index contributed by atoms with van der Waals surface area (Å²) >= 11 is 0. The minimum absolute atomic E-state index is 0.143. The van der Waals surface area contributed by atoms with Crippen LogP contribution < -0.4 is 5.32 Å². The highest BCUT2D eigenvalue weighted by molar-refractivity contribution is 4.93. The van der Waals surface area contributed by atoms with Gasteiger partial charge in [0.15, 0.2) is 0 Å². The maximum Gasteiger partial charge on any atom is 0.0694 e. The molecule has 1 fully saturated rings. The first-order valence-corrected chi connectivity index (χ1v) is 6.12. The van der Waals surface area contributed by atoms with Gasteiger partial charge in [0, 0.05) is 19.8 Å². The summed E-state index contributed by atoms with van der Waals surface area (Å²) < 4.78 is 11.1. The molecule has 1 atom stereocenters. The van der Waals surface area contributed by atoms with Crippen molar-refractivity contribution in [3.8, 4) is 0 Å². The summed E-state index contributed by atoms with van der Waals surface area (Å²) in [4.78, 5) is 0. The molecule has 1 rings (SSSR count). The van der Waals surface area contributed by atoms with E-state index in [1.807, 2.05) is 14.0 Å². The number of nitrogens with one attached hydrogen (secondary N) is 1. The zero-order chi connectivity index (χ0) is 11.1. The lowest BCUT2D eigenvalue weighted by molar-refractivity contribution is -0.0878. The van der Waals surface area contributed by atoms with Crippen molar-refractivity contribution in [3.63, 3.8) is 0 Å². The average Bonchev–Trinajstić information content (AvgIpc) is 2.20. The van der Waals surface area contributed by atoms with Crippen LogP contribution in [0.1, 0.15) is 39.5 Å². The normalized spacial score (nSPS) is 21.0. The van der Waals surface area contributed by atoms with Crippen molar-refractivity contribution in [2.45, 2.75) is 51.2 Å². The largest absolute Gasteiger partial charge is 0.380 e. The number of rotatable bonds is 8. The number of methoxy groups -OCH3 is 1. The Kier molecular flexibility index (Phi) is 5.58. The van der Waals surface area contributed by atoms with E-state index in [1.54, 1.807) is 0 Å². The van der Waals surface area contributed by atoms with Crippen LogP contribution in [-0.2, 0) is 9.47 Å². The molecule has 1 N–H and O–H groups in total. The Balaban J connectivity index is 2.34. The van der Waals surface area contributed by atoms with Crippen LogP contribution in [0.4, 0.5) is 0 Å². The average molecular weight is 215 g/mol. The van der Waals surface area contributed by atoms with Gasteiger partial charge < -0.3 is 14.8 Å². The quantitative estimate of drug-likeness (QED) is 0.671. The number of hydrogen-bond acceptors (Lipinski definition) is 3. The second kappa shape index (κ2) is 6.46. The fraction of sp³-hybridized carbons (Fsp3) is 1.00. The molecule has 1 aliphatic carbocycles. The fourth-order valence-corrected chi connectivity index (χ4v) is 2.25. The van der Waals surface area contributed by atoms with Gasteiger partial charge in [0.2, 0.25) is 0 Å². The summed E-state index contributed by atoms with van der Waals surface area (Å²) in [6, 6.07) is 0.440.